The monoisotopic (exact) mass is 224 g/mol. The molecule has 0 heterocycles. The van der Waals surface area contributed by atoms with Gasteiger partial charge < -0.3 is 8.85 Å². The van der Waals surface area contributed by atoms with E-state index in [9.17, 15) is 0 Å². The lowest BCUT2D eigenvalue weighted by molar-refractivity contribution is 0.202. The van der Waals surface area contributed by atoms with E-state index in [-0.39, 0.29) is 0 Å². The lowest BCUT2D eigenvalue weighted by Gasteiger charge is -2.26. The fourth-order valence-corrected chi connectivity index (χ4v) is 6.86. The Morgan fingerprint density at radius 3 is 2.08 bits per heavy atom. The van der Waals surface area contributed by atoms with Crippen molar-refractivity contribution in [2.45, 2.75) is 26.3 Å². The maximum atomic E-state index is 5.72. The maximum Gasteiger partial charge on any atom is 0.304 e. The first-order valence-corrected chi connectivity index (χ1v) is 10.7. The molecular formula is C7H20O2SSi2. The lowest BCUT2D eigenvalue weighted by Crippen LogP contribution is -2.43. The Morgan fingerprint density at radius 2 is 1.75 bits per heavy atom. The second kappa shape index (κ2) is 7.14. The molecule has 0 aliphatic carbocycles. The third-order valence-electron chi connectivity index (χ3n) is 1.69. The van der Waals surface area contributed by atoms with E-state index in [2.05, 4.69) is 12.6 Å². The van der Waals surface area contributed by atoms with Gasteiger partial charge >= 0.3 is 8.08 Å². The van der Waals surface area contributed by atoms with Gasteiger partial charge in [0.1, 0.15) is 0 Å². The molecule has 0 atom stereocenters. The molecule has 0 aromatic heterocycles. The van der Waals surface area contributed by atoms with E-state index in [1.807, 2.05) is 13.8 Å². The van der Waals surface area contributed by atoms with Crippen molar-refractivity contribution in [3.8, 4) is 0 Å². The van der Waals surface area contributed by atoms with Crippen molar-refractivity contribution < 1.29 is 8.85 Å². The van der Waals surface area contributed by atoms with Gasteiger partial charge in [0.25, 0.3) is 0 Å². The van der Waals surface area contributed by atoms with E-state index in [0.717, 1.165) is 41.2 Å². The highest BCUT2D eigenvalue weighted by Gasteiger charge is 2.28. The Balaban J connectivity index is 3.80. The van der Waals surface area contributed by atoms with Gasteiger partial charge in [-0.25, -0.2) is 0 Å². The number of thiol groups is 1. The summed E-state index contributed by atoms with van der Waals surface area (Å²) in [5.41, 5.74) is 0. The quantitative estimate of drug-likeness (QED) is 0.506. The average Bonchev–Trinajstić information content (AvgIpc) is 2.02. The van der Waals surface area contributed by atoms with Crippen LogP contribution in [0.25, 0.3) is 0 Å². The van der Waals surface area contributed by atoms with Crippen molar-refractivity contribution >= 4 is 30.5 Å². The van der Waals surface area contributed by atoms with Gasteiger partial charge in [-0.15, -0.1) is 0 Å². The van der Waals surface area contributed by atoms with Gasteiger partial charge in [-0.05, 0) is 32.1 Å². The van der Waals surface area contributed by atoms with E-state index < -0.39 is 8.08 Å². The lowest BCUT2D eigenvalue weighted by atomic mass is 10.6. The summed E-state index contributed by atoms with van der Waals surface area (Å²) < 4.78 is 11.4. The minimum absolute atomic E-state index is 0.794. The Kier molecular flexibility index (Phi) is 7.56. The molecule has 0 aromatic rings. The van der Waals surface area contributed by atoms with Crippen molar-refractivity contribution in [1.29, 1.82) is 0 Å². The highest BCUT2D eigenvalue weighted by molar-refractivity contribution is 7.80. The van der Waals surface area contributed by atoms with Crippen molar-refractivity contribution in [2.75, 3.05) is 19.0 Å². The molecule has 0 aromatic carbocycles. The van der Waals surface area contributed by atoms with Gasteiger partial charge in [0, 0.05) is 13.2 Å². The van der Waals surface area contributed by atoms with E-state index in [0.29, 0.717) is 0 Å². The first kappa shape index (κ1) is 12.7. The van der Waals surface area contributed by atoms with Crippen LogP contribution in [-0.4, -0.2) is 36.8 Å². The third-order valence-corrected chi connectivity index (χ3v) is 8.30. The average molecular weight is 224 g/mol. The zero-order valence-electron chi connectivity index (χ0n) is 8.30. The predicted octanol–water partition coefficient (Wildman–Crippen LogP) is 0.684. The topological polar surface area (TPSA) is 18.5 Å². The van der Waals surface area contributed by atoms with Crippen LogP contribution >= 0.6 is 12.6 Å². The van der Waals surface area contributed by atoms with E-state index in [1.54, 1.807) is 0 Å². The second-order valence-electron chi connectivity index (χ2n) is 2.83. The summed E-state index contributed by atoms with van der Waals surface area (Å²) in [7, 11) is -0.618. The van der Waals surface area contributed by atoms with Crippen LogP contribution in [0, 0.1) is 0 Å². The smallest absolute Gasteiger partial charge is 0.304 e. The standard InChI is InChI=1S/C7H20O2SSi2/c1-3-8-12(11,9-4-2)7-5-6-10/h10H,3-7H2,1-2,11H3. The van der Waals surface area contributed by atoms with Gasteiger partial charge in [0.05, 0.1) is 9.76 Å². The van der Waals surface area contributed by atoms with Crippen LogP contribution in [0.15, 0.2) is 0 Å². The molecule has 5 heteroatoms. The molecule has 12 heavy (non-hydrogen) atoms. The summed E-state index contributed by atoms with van der Waals surface area (Å²) in [5.74, 6) is 0.942. The summed E-state index contributed by atoms with van der Waals surface area (Å²) in [4.78, 5) is 0. The molecule has 0 N–H and O–H groups in total. The van der Waals surface area contributed by atoms with Gasteiger partial charge in [0.15, 0.2) is 0 Å². The molecule has 0 aliphatic heterocycles. The van der Waals surface area contributed by atoms with Crippen LogP contribution in [0.1, 0.15) is 20.3 Å². The first-order valence-electron chi connectivity index (χ1n) is 4.57. The normalized spacial score (nSPS) is 12.2. The molecule has 0 spiro atoms. The highest BCUT2D eigenvalue weighted by atomic mass is 32.1. The fourth-order valence-electron chi connectivity index (χ4n) is 1.20. The summed E-state index contributed by atoms with van der Waals surface area (Å²) in [5, 5.41) is 0. The van der Waals surface area contributed by atoms with Gasteiger partial charge in [-0.1, -0.05) is 0 Å². The molecule has 74 valence electrons. The molecule has 0 bridgehead atoms. The molecule has 0 saturated heterocycles. The van der Waals surface area contributed by atoms with Crippen LogP contribution in [-0.2, 0) is 8.85 Å². The zero-order valence-corrected chi connectivity index (χ0v) is 12.2. The van der Waals surface area contributed by atoms with Crippen LogP contribution < -0.4 is 0 Å². The summed E-state index contributed by atoms with van der Waals surface area (Å²) >= 11 is 4.20. The SMILES string of the molecule is CCO[Si]([SiH3])(CCCS)OCC. The highest BCUT2D eigenvalue weighted by Crippen LogP contribution is 2.12. The third kappa shape index (κ3) is 5.37. The summed E-state index contributed by atoms with van der Waals surface area (Å²) in [6.07, 6.45) is 1.12. The van der Waals surface area contributed by atoms with Gasteiger partial charge in [-0.2, -0.15) is 12.6 Å². The Hall–Kier alpha value is 0.704. The minimum atomic E-state index is -1.68. The van der Waals surface area contributed by atoms with Crippen molar-refractivity contribution in [3.63, 3.8) is 0 Å². The fraction of sp³-hybridized carbons (Fsp3) is 1.00. The van der Waals surface area contributed by atoms with Crippen molar-refractivity contribution in [1.82, 2.24) is 0 Å². The molecular weight excluding hydrogens is 204 g/mol. The van der Waals surface area contributed by atoms with Crippen LogP contribution in [0.2, 0.25) is 6.04 Å². The molecule has 2 nitrogen and oxygen atoms in total. The van der Waals surface area contributed by atoms with E-state index >= 15 is 0 Å². The Morgan fingerprint density at radius 1 is 1.25 bits per heavy atom. The largest absolute Gasteiger partial charge is 0.397 e. The number of rotatable bonds is 7. The molecule has 0 fully saturated rings. The predicted molar refractivity (Wildman–Crippen MR) is 62.2 cm³/mol. The minimum Gasteiger partial charge on any atom is -0.397 e. The molecule has 0 unspecified atom stereocenters. The van der Waals surface area contributed by atoms with E-state index in [4.69, 9.17) is 8.85 Å². The second-order valence-corrected chi connectivity index (χ2v) is 11.2. The molecule has 0 amide bonds. The van der Waals surface area contributed by atoms with Crippen molar-refractivity contribution in [3.05, 3.63) is 0 Å². The van der Waals surface area contributed by atoms with Crippen LogP contribution in [0.5, 0.6) is 0 Å². The summed E-state index contributed by atoms with van der Waals surface area (Å²) in [6.45, 7) is 5.67. The number of hydrogen-bond acceptors (Lipinski definition) is 3. The Labute approximate surface area is 84.9 Å². The van der Waals surface area contributed by atoms with Crippen molar-refractivity contribution in [2.24, 2.45) is 0 Å². The van der Waals surface area contributed by atoms with Crippen LogP contribution in [0.4, 0.5) is 0 Å². The molecule has 0 rings (SSSR count). The Bertz CT molecular complexity index is 108. The molecule has 0 saturated carbocycles. The van der Waals surface area contributed by atoms with Gasteiger partial charge in [-0.3, -0.25) is 0 Å². The van der Waals surface area contributed by atoms with Crippen LogP contribution in [0.3, 0.4) is 0 Å². The van der Waals surface area contributed by atoms with Gasteiger partial charge in [0.2, 0.25) is 0 Å². The molecule has 0 radical (unpaired) electrons. The maximum absolute atomic E-state index is 5.72. The first-order chi connectivity index (χ1) is 5.68. The van der Waals surface area contributed by atoms with E-state index in [1.165, 1.54) is 0 Å². The zero-order chi connectivity index (χ0) is 9.45. The molecule has 0 aliphatic rings. The summed E-state index contributed by atoms with van der Waals surface area (Å²) in [6, 6.07) is 1.12. The number of hydrogen-bond donors (Lipinski definition) is 1.